The van der Waals surface area contributed by atoms with Gasteiger partial charge in [0.15, 0.2) is 0 Å². The Morgan fingerprint density at radius 3 is 1.94 bits per heavy atom. The number of fused-ring (bicyclic) bond motifs is 7. The van der Waals surface area contributed by atoms with Gasteiger partial charge < -0.3 is 4.90 Å². The molecule has 4 fully saturated rings. The molecule has 1 heteroatoms. The minimum Gasteiger partial charge on any atom is -0.310 e. The fraction of sp³-hybridized carbons (Fsp3) is 0.213. The second-order valence-electron chi connectivity index (χ2n) is 19.1. The van der Waals surface area contributed by atoms with Crippen LogP contribution < -0.4 is 4.90 Å². The molecule has 7 aromatic carbocycles. The highest BCUT2D eigenvalue weighted by molar-refractivity contribution is 6.00. The van der Waals surface area contributed by atoms with Crippen molar-refractivity contribution in [3.8, 4) is 44.5 Å². The molecular formula is C61H51N. The Kier molecular flexibility index (Phi) is 8.37. The van der Waals surface area contributed by atoms with Crippen molar-refractivity contribution in [2.24, 2.45) is 23.7 Å². The predicted molar refractivity (Wildman–Crippen MR) is 258 cm³/mol. The van der Waals surface area contributed by atoms with Crippen LogP contribution in [0.25, 0.3) is 50.6 Å². The van der Waals surface area contributed by atoms with Gasteiger partial charge in [0.2, 0.25) is 0 Å². The Morgan fingerprint density at radius 2 is 1.08 bits per heavy atom. The smallest absolute Gasteiger partial charge is 0.0543 e. The number of para-hydroxylation sites is 1. The monoisotopic (exact) mass is 797 g/mol. The average Bonchev–Trinajstić information content (AvgIpc) is 3.48. The van der Waals surface area contributed by atoms with E-state index in [-0.39, 0.29) is 5.41 Å². The molecule has 14 rings (SSSR count). The maximum atomic E-state index is 2.67. The van der Waals surface area contributed by atoms with Crippen molar-refractivity contribution >= 4 is 17.5 Å². The highest BCUT2D eigenvalue weighted by atomic mass is 15.2. The van der Waals surface area contributed by atoms with Crippen LogP contribution in [0.2, 0.25) is 0 Å². The molecule has 1 nitrogen and oxygen atoms in total. The zero-order chi connectivity index (χ0) is 40.8. The van der Waals surface area contributed by atoms with E-state index in [1.807, 2.05) is 0 Å². The first-order valence-electron chi connectivity index (χ1n) is 23.3. The van der Waals surface area contributed by atoms with Crippen LogP contribution in [0.3, 0.4) is 0 Å². The Hall–Kier alpha value is -6.44. The Labute approximate surface area is 366 Å². The molecule has 4 saturated carbocycles. The molecule has 0 aromatic heterocycles. The van der Waals surface area contributed by atoms with Gasteiger partial charge in [-0.2, -0.15) is 0 Å². The molecule has 1 spiro atoms. The van der Waals surface area contributed by atoms with Crippen LogP contribution in [0.4, 0.5) is 11.4 Å². The lowest BCUT2D eigenvalue weighted by Gasteiger charge is -2.53. The van der Waals surface area contributed by atoms with E-state index in [2.05, 4.69) is 199 Å². The van der Waals surface area contributed by atoms with E-state index in [0.717, 1.165) is 18.3 Å². The highest BCUT2D eigenvalue weighted by Gasteiger charge is 2.60. The fourth-order valence-electron chi connectivity index (χ4n) is 13.9. The van der Waals surface area contributed by atoms with Gasteiger partial charge in [-0.15, -0.1) is 0 Å². The van der Waals surface area contributed by atoms with Gasteiger partial charge in [-0.3, -0.25) is 0 Å². The molecule has 7 aliphatic carbocycles. The number of rotatable bonds is 6. The summed E-state index contributed by atoms with van der Waals surface area (Å²) in [5.41, 5.74) is 21.6. The van der Waals surface area contributed by atoms with E-state index in [1.165, 1.54) is 117 Å². The zero-order valence-corrected chi connectivity index (χ0v) is 35.3. The quantitative estimate of drug-likeness (QED) is 0.162. The van der Waals surface area contributed by atoms with Crippen molar-refractivity contribution in [2.75, 3.05) is 4.90 Å². The minimum atomic E-state index is 0.0763. The molecule has 0 heterocycles. The molecule has 0 aliphatic heterocycles. The summed E-state index contributed by atoms with van der Waals surface area (Å²) in [6.45, 7) is 0. The van der Waals surface area contributed by atoms with Crippen LogP contribution in [0.1, 0.15) is 73.1 Å². The van der Waals surface area contributed by atoms with Crippen LogP contribution in [-0.4, -0.2) is 0 Å². The van der Waals surface area contributed by atoms with Gasteiger partial charge in [0.25, 0.3) is 0 Å². The van der Waals surface area contributed by atoms with E-state index >= 15 is 0 Å². The molecule has 0 amide bonds. The second kappa shape index (κ2) is 14.3. The fourth-order valence-corrected chi connectivity index (χ4v) is 13.9. The third-order valence-corrected chi connectivity index (χ3v) is 16.1. The van der Waals surface area contributed by atoms with Crippen molar-refractivity contribution in [3.05, 3.63) is 222 Å². The van der Waals surface area contributed by atoms with Gasteiger partial charge in [-0.05, 0) is 142 Å². The van der Waals surface area contributed by atoms with Crippen molar-refractivity contribution in [2.45, 2.75) is 56.3 Å². The van der Waals surface area contributed by atoms with Gasteiger partial charge in [0.1, 0.15) is 0 Å². The molecule has 4 bridgehead atoms. The summed E-state index contributed by atoms with van der Waals surface area (Å²) in [6, 6.07) is 64.2. The van der Waals surface area contributed by atoms with Gasteiger partial charge >= 0.3 is 0 Å². The van der Waals surface area contributed by atoms with E-state index < -0.39 is 0 Å². The number of hydrogen-bond donors (Lipinski definition) is 0. The summed E-state index contributed by atoms with van der Waals surface area (Å²) >= 11 is 0. The lowest BCUT2D eigenvalue weighted by Crippen LogP contribution is -2.48. The number of anilines is 2. The SMILES string of the molecule is C1=Cc2ccccc2C2CC=C(N(c3ccccc3-c3ccccc3-c3ccccc3-c3ccccc3)c3cccc4c3-c3ccccc3C43C4CCC5CC(C4)CC3C5)C=C12. The molecule has 6 atom stereocenters. The second-order valence-corrected chi connectivity index (χ2v) is 19.1. The molecule has 0 N–H and O–H groups in total. The first kappa shape index (κ1) is 36.2. The summed E-state index contributed by atoms with van der Waals surface area (Å²) in [5, 5.41) is 0. The maximum Gasteiger partial charge on any atom is 0.0543 e. The molecule has 0 saturated heterocycles. The lowest BCUT2D eigenvalue weighted by molar-refractivity contribution is 0.0618. The molecule has 6 unspecified atom stereocenters. The van der Waals surface area contributed by atoms with E-state index in [1.54, 1.807) is 11.1 Å². The molecule has 0 radical (unpaired) electrons. The van der Waals surface area contributed by atoms with Crippen LogP contribution in [0.15, 0.2) is 199 Å². The summed E-state index contributed by atoms with van der Waals surface area (Å²) in [6.07, 6.45) is 19.1. The van der Waals surface area contributed by atoms with Gasteiger partial charge in [-0.1, -0.05) is 182 Å². The average molecular weight is 798 g/mol. The normalized spacial score (nSPS) is 24.7. The summed E-state index contributed by atoms with van der Waals surface area (Å²) < 4.78 is 0. The van der Waals surface area contributed by atoms with E-state index in [9.17, 15) is 0 Å². The zero-order valence-electron chi connectivity index (χ0n) is 35.3. The molecule has 62 heavy (non-hydrogen) atoms. The Bertz CT molecular complexity index is 2990. The van der Waals surface area contributed by atoms with Gasteiger partial charge in [0, 0.05) is 28.2 Å². The maximum absolute atomic E-state index is 2.67. The first-order valence-corrected chi connectivity index (χ1v) is 23.3. The number of benzene rings is 7. The van der Waals surface area contributed by atoms with Crippen molar-refractivity contribution < 1.29 is 0 Å². The summed E-state index contributed by atoms with van der Waals surface area (Å²) in [5.74, 6) is 3.53. The van der Waals surface area contributed by atoms with E-state index in [0.29, 0.717) is 17.8 Å². The van der Waals surface area contributed by atoms with Crippen LogP contribution in [-0.2, 0) is 5.41 Å². The topological polar surface area (TPSA) is 3.24 Å². The van der Waals surface area contributed by atoms with Crippen molar-refractivity contribution in [3.63, 3.8) is 0 Å². The van der Waals surface area contributed by atoms with Gasteiger partial charge in [0.05, 0.1) is 11.4 Å². The molecule has 7 aromatic rings. The Morgan fingerprint density at radius 1 is 0.452 bits per heavy atom. The minimum absolute atomic E-state index is 0.0763. The van der Waals surface area contributed by atoms with Crippen LogP contribution >= 0.6 is 0 Å². The molecule has 7 aliphatic rings. The summed E-state index contributed by atoms with van der Waals surface area (Å²) in [4.78, 5) is 2.67. The molecular weight excluding hydrogens is 747 g/mol. The highest BCUT2D eigenvalue weighted by Crippen LogP contribution is 2.69. The standard InChI is InChI=1S/C61H51N/c1-2-15-42(16-3-1)49-19-6-7-20-51(49)52-21-8-9-22-53(52)54-23-11-13-27-58(54)62(47-33-34-50-44(39-47)31-30-43-17-4-5-18-48(43)50)59-28-14-26-57-60(59)55-24-10-12-25-56(55)61(57)45-32-29-40-35-41(37-45)38-46(61)36-40/h1-28,30-31,33,39-41,45-46,50H,29,32,34-38H2. The summed E-state index contributed by atoms with van der Waals surface area (Å²) in [7, 11) is 0. The Balaban J connectivity index is 1.04. The lowest BCUT2D eigenvalue weighted by atomic mass is 9.51. The number of nitrogens with zero attached hydrogens (tertiary/aromatic N) is 1. The largest absolute Gasteiger partial charge is 0.310 e. The first-order chi connectivity index (χ1) is 30.7. The third-order valence-electron chi connectivity index (χ3n) is 16.1. The number of hydrogen-bond acceptors (Lipinski definition) is 1. The van der Waals surface area contributed by atoms with Gasteiger partial charge in [-0.25, -0.2) is 0 Å². The third kappa shape index (κ3) is 5.40. The molecule has 300 valence electrons. The van der Waals surface area contributed by atoms with Crippen LogP contribution in [0, 0.1) is 23.7 Å². The van der Waals surface area contributed by atoms with Crippen LogP contribution in [0.5, 0.6) is 0 Å². The van der Waals surface area contributed by atoms with Crippen molar-refractivity contribution in [1.82, 2.24) is 0 Å². The predicted octanol–water partition coefficient (Wildman–Crippen LogP) is 16.0. The van der Waals surface area contributed by atoms with E-state index in [4.69, 9.17) is 0 Å². The number of allylic oxidation sites excluding steroid dienone is 4. The van der Waals surface area contributed by atoms with Crippen molar-refractivity contribution in [1.29, 1.82) is 0 Å².